The van der Waals surface area contributed by atoms with E-state index in [1.54, 1.807) is 25.5 Å². The van der Waals surface area contributed by atoms with E-state index in [1.165, 1.54) is 11.3 Å². The fourth-order valence-corrected chi connectivity index (χ4v) is 6.20. The molecule has 1 aliphatic rings. The van der Waals surface area contributed by atoms with Crippen molar-refractivity contribution in [2.45, 2.75) is 33.7 Å². The molecule has 0 radical (unpaired) electrons. The molecule has 0 unspecified atom stereocenters. The maximum Gasteiger partial charge on any atom is 0.338 e. The van der Waals surface area contributed by atoms with Gasteiger partial charge in [-0.3, -0.25) is 9.36 Å². The van der Waals surface area contributed by atoms with Crippen molar-refractivity contribution in [2.24, 2.45) is 4.99 Å². The summed E-state index contributed by atoms with van der Waals surface area (Å²) in [5, 5.41) is 0.654. The van der Waals surface area contributed by atoms with Gasteiger partial charge in [0.15, 0.2) is 4.80 Å². The van der Waals surface area contributed by atoms with Crippen molar-refractivity contribution in [2.75, 3.05) is 13.7 Å². The largest absolute Gasteiger partial charge is 0.497 e. The molecule has 7 nitrogen and oxygen atoms in total. The third kappa shape index (κ3) is 4.86. The van der Waals surface area contributed by atoms with Crippen molar-refractivity contribution in [3.63, 3.8) is 0 Å². The van der Waals surface area contributed by atoms with Crippen molar-refractivity contribution in [3.8, 4) is 11.4 Å². The molecule has 3 heterocycles. The highest BCUT2D eigenvalue weighted by molar-refractivity contribution is 7.07. The molecular formula is C30H28ClN3O4S. The van der Waals surface area contributed by atoms with Gasteiger partial charge in [0.1, 0.15) is 5.75 Å². The highest BCUT2D eigenvalue weighted by atomic mass is 35.5. The zero-order valence-corrected chi connectivity index (χ0v) is 23.9. The smallest absolute Gasteiger partial charge is 0.338 e. The summed E-state index contributed by atoms with van der Waals surface area (Å²) in [6.45, 7) is 7.78. The predicted octanol–water partition coefficient (Wildman–Crippen LogP) is 4.87. The molecule has 9 heteroatoms. The number of carbonyl (C=O) groups is 1. The molecule has 5 rings (SSSR count). The van der Waals surface area contributed by atoms with Gasteiger partial charge < -0.3 is 14.0 Å². The maximum absolute atomic E-state index is 13.9. The third-order valence-electron chi connectivity index (χ3n) is 6.77. The van der Waals surface area contributed by atoms with E-state index >= 15 is 0 Å². The van der Waals surface area contributed by atoms with E-state index in [0.717, 1.165) is 28.2 Å². The number of rotatable bonds is 6. The van der Waals surface area contributed by atoms with Crippen LogP contribution in [0.5, 0.6) is 5.75 Å². The van der Waals surface area contributed by atoms with Crippen molar-refractivity contribution >= 4 is 35.0 Å². The maximum atomic E-state index is 13.9. The van der Waals surface area contributed by atoms with Crippen molar-refractivity contribution in [1.29, 1.82) is 0 Å². The first-order valence-electron chi connectivity index (χ1n) is 12.5. The summed E-state index contributed by atoms with van der Waals surface area (Å²) < 4.78 is 14.9. The third-order valence-corrected chi connectivity index (χ3v) is 7.99. The Morgan fingerprint density at radius 2 is 1.87 bits per heavy atom. The Balaban J connectivity index is 1.69. The van der Waals surface area contributed by atoms with Crippen LogP contribution in [0.4, 0.5) is 0 Å². The molecule has 0 fully saturated rings. The first-order chi connectivity index (χ1) is 18.7. The van der Waals surface area contributed by atoms with Crippen molar-refractivity contribution in [3.05, 3.63) is 113 Å². The number of fused-ring (bicyclic) bond motifs is 1. The van der Waals surface area contributed by atoms with Gasteiger partial charge in [-0.1, -0.05) is 41.1 Å². The number of thiazole rings is 1. The van der Waals surface area contributed by atoms with Crippen LogP contribution in [-0.2, 0) is 9.53 Å². The predicted molar refractivity (Wildman–Crippen MR) is 154 cm³/mol. The molecule has 200 valence electrons. The van der Waals surface area contributed by atoms with Crippen LogP contribution < -0.4 is 19.6 Å². The molecule has 1 atom stereocenters. The van der Waals surface area contributed by atoms with E-state index in [0.29, 0.717) is 31.4 Å². The van der Waals surface area contributed by atoms with Crippen LogP contribution >= 0.6 is 22.9 Å². The fourth-order valence-electron chi connectivity index (χ4n) is 4.98. The lowest BCUT2D eigenvalue weighted by Crippen LogP contribution is -2.39. The molecule has 39 heavy (non-hydrogen) atoms. The number of ether oxygens (including phenoxy) is 2. The lowest BCUT2D eigenvalue weighted by atomic mass is 9.96. The van der Waals surface area contributed by atoms with E-state index in [2.05, 4.69) is 9.56 Å². The first-order valence-corrected chi connectivity index (χ1v) is 13.7. The molecule has 2 aromatic heterocycles. The van der Waals surface area contributed by atoms with Crippen molar-refractivity contribution in [1.82, 2.24) is 9.13 Å². The highest BCUT2D eigenvalue weighted by Crippen LogP contribution is 2.31. The zero-order valence-electron chi connectivity index (χ0n) is 22.3. The Kier molecular flexibility index (Phi) is 7.34. The van der Waals surface area contributed by atoms with E-state index in [-0.39, 0.29) is 12.2 Å². The zero-order chi connectivity index (χ0) is 27.8. The summed E-state index contributed by atoms with van der Waals surface area (Å²) in [5.74, 6) is 0.193. The van der Waals surface area contributed by atoms with Crippen LogP contribution in [0.3, 0.4) is 0 Å². The number of hydrogen-bond donors (Lipinski definition) is 0. The monoisotopic (exact) mass is 561 g/mol. The minimum absolute atomic E-state index is 0.220. The molecule has 0 N–H and O–H groups in total. The number of aryl methyl sites for hydroxylation is 1. The number of nitrogens with zero attached hydrogens (tertiary/aromatic N) is 3. The van der Waals surface area contributed by atoms with E-state index < -0.39 is 12.0 Å². The molecule has 0 saturated heterocycles. The first kappa shape index (κ1) is 26.7. The van der Waals surface area contributed by atoms with Gasteiger partial charge in [0.25, 0.3) is 5.56 Å². The normalized spacial score (nSPS) is 15.2. The average molecular weight is 562 g/mol. The highest BCUT2D eigenvalue weighted by Gasteiger charge is 2.33. The average Bonchev–Trinajstić information content (AvgIpc) is 3.37. The molecule has 2 aromatic carbocycles. The molecule has 0 amide bonds. The van der Waals surface area contributed by atoms with Gasteiger partial charge in [-0.25, -0.2) is 9.79 Å². The van der Waals surface area contributed by atoms with Crippen LogP contribution in [0.1, 0.15) is 42.4 Å². The number of benzene rings is 2. The number of halogens is 1. The minimum Gasteiger partial charge on any atom is -0.497 e. The molecule has 0 saturated carbocycles. The number of esters is 1. The van der Waals surface area contributed by atoms with Gasteiger partial charge in [0.05, 0.1) is 35.6 Å². The van der Waals surface area contributed by atoms with Crippen LogP contribution in [0, 0.1) is 13.8 Å². The van der Waals surface area contributed by atoms with Crippen LogP contribution in [0.15, 0.2) is 75.7 Å². The van der Waals surface area contributed by atoms with E-state index in [4.69, 9.17) is 21.1 Å². The second-order valence-corrected chi connectivity index (χ2v) is 10.7. The summed E-state index contributed by atoms with van der Waals surface area (Å²) >= 11 is 7.55. The minimum atomic E-state index is -0.674. The SMILES string of the molecule is CCOC(=O)C1=C(C)N=c2s/c(=C/c3cc(C)n(-c4cccc(Cl)c4)c3C)c(=O)n2[C@@H]1c1ccc(OC)cc1. The number of methoxy groups -OCH3 is 1. The van der Waals surface area contributed by atoms with E-state index in [9.17, 15) is 9.59 Å². The summed E-state index contributed by atoms with van der Waals surface area (Å²) in [5.41, 5.74) is 5.29. The quantitative estimate of drug-likeness (QED) is 0.315. The van der Waals surface area contributed by atoms with Crippen LogP contribution in [0.2, 0.25) is 5.02 Å². The summed E-state index contributed by atoms with van der Waals surface area (Å²) in [6, 6.07) is 16.4. The Morgan fingerprint density at radius 1 is 1.13 bits per heavy atom. The van der Waals surface area contributed by atoms with Gasteiger partial charge in [0.2, 0.25) is 0 Å². The van der Waals surface area contributed by atoms with Gasteiger partial charge in [0, 0.05) is 22.1 Å². The molecule has 0 spiro atoms. The number of hydrogen-bond acceptors (Lipinski definition) is 6. The van der Waals surface area contributed by atoms with Gasteiger partial charge in [-0.2, -0.15) is 0 Å². The summed E-state index contributed by atoms with van der Waals surface area (Å²) in [4.78, 5) is 32.2. The number of allylic oxidation sites excluding steroid dienone is 1. The second-order valence-electron chi connectivity index (χ2n) is 9.22. The van der Waals surface area contributed by atoms with Crippen molar-refractivity contribution < 1.29 is 14.3 Å². The molecule has 0 aliphatic carbocycles. The fraction of sp³-hybridized carbons (Fsp3) is 0.233. The van der Waals surface area contributed by atoms with Gasteiger partial charge in [-0.15, -0.1) is 0 Å². The Morgan fingerprint density at radius 3 is 2.54 bits per heavy atom. The lowest BCUT2D eigenvalue weighted by Gasteiger charge is -2.24. The Labute approximate surface area is 234 Å². The lowest BCUT2D eigenvalue weighted by molar-refractivity contribution is -0.139. The summed E-state index contributed by atoms with van der Waals surface area (Å²) in [6.07, 6.45) is 1.89. The van der Waals surface area contributed by atoms with Gasteiger partial charge >= 0.3 is 5.97 Å². The molecule has 0 bridgehead atoms. The van der Waals surface area contributed by atoms with Gasteiger partial charge in [-0.05, 0) is 81.3 Å². The van der Waals surface area contributed by atoms with Crippen LogP contribution in [-0.4, -0.2) is 28.8 Å². The van der Waals surface area contributed by atoms with E-state index in [1.807, 2.05) is 74.5 Å². The number of aromatic nitrogens is 2. The second kappa shape index (κ2) is 10.7. The Bertz CT molecular complexity index is 1790. The molecule has 1 aliphatic heterocycles. The summed E-state index contributed by atoms with van der Waals surface area (Å²) in [7, 11) is 1.59. The van der Waals surface area contributed by atoms with Crippen LogP contribution in [0.25, 0.3) is 11.8 Å². The number of carbonyl (C=O) groups excluding carboxylic acids is 1. The Hall–Kier alpha value is -3.88. The topological polar surface area (TPSA) is 74.8 Å². The molecular weight excluding hydrogens is 534 g/mol. The molecule has 4 aromatic rings. The standard InChI is InChI=1S/C30H28ClN3O4S/c1-6-38-29(36)26-18(3)32-30-34(27(26)20-10-12-24(37-5)13-11-20)28(35)25(39-30)15-21-14-17(2)33(19(21)4)23-9-7-8-22(31)16-23/h7-16,27H,6H2,1-5H3/b25-15+/t27-/m1/s1.